The number of carbonyl (C=O) groups is 3. The topological polar surface area (TPSA) is 63.2 Å². The molecule has 0 heterocycles. The van der Waals surface area contributed by atoms with E-state index in [9.17, 15) is 14.4 Å². The van der Waals surface area contributed by atoms with Gasteiger partial charge in [0.1, 0.15) is 0 Å². The number of nitrogens with one attached hydrogen (secondary N) is 1. The average Bonchev–Trinajstić information content (AvgIpc) is 2.63. The average molecular weight is 341 g/mol. The number of aldehydes is 1. The van der Waals surface area contributed by atoms with Crippen molar-refractivity contribution in [3.05, 3.63) is 64.7 Å². The van der Waals surface area contributed by atoms with Gasteiger partial charge in [0.25, 0.3) is 0 Å². The van der Waals surface area contributed by atoms with Gasteiger partial charge in [-0.15, -0.1) is 0 Å². The van der Waals surface area contributed by atoms with Gasteiger partial charge in [0.05, 0.1) is 0 Å². The first-order chi connectivity index (χ1) is 11.9. The molecule has 2 rings (SSSR count). The van der Waals surface area contributed by atoms with Gasteiger partial charge in [-0.05, 0) is 50.6 Å². The molecule has 0 saturated carbocycles. The maximum absolute atomic E-state index is 11.1. The largest absolute Gasteiger partial charge is 0.388 e. The van der Waals surface area contributed by atoms with E-state index in [0.717, 1.165) is 0 Å². The highest BCUT2D eigenvalue weighted by atomic mass is 16.1. The Morgan fingerprint density at radius 3 is 2.00 bits per heavy atom. The zero-order valence-electron chi connectivity index (χ0n) is 15.8. The van der Waals surface area contributed by atoms with Crippen molar-refractivity contribution in [3.63, 3.8) is 0 Å². The maximum atomic E-state index is 11.1. The molecule has 0 amide bonds. The number of aryl methyl sites for hydroxylation is 1. The maximum Gasteiger partial charge on any atom is 0.160 e. The lowest BCUT2D eigenvalue weighted by molar-refractivity contribution is 0.0997. The lowest BCUT2D eigenvalue weighted by Crippen LogP contribution is -2.01. The van der Waals surface area contributed by atoms with Gasteiger partial charge in [0.15, 0.2) is 17.9 Å². The molecule has 0 saturated heterocycles. The molecule has 0 atom stereocenters. The fraction of sp³-hybridized carbons (Fsp3) is 0.286. The van der Waals surface area contributed by atoms with Crippen LogP contribution in [0.25, 0.3) is 0 Å². The number of anilines is 1. The quantitative estimate of drug-likeness (QED) is 0.630. The summed E-state index contributed by atoms with van der Waals surface area (Å²) in [7, 11) is 1.93. The van der Waals surface area contributed by atoms with Crippen LogP contribution in [0.5, 0.6) is 0 Å². The number of benzene rings is 2. The van der Waals surface area contributed by atoms with Gasteiger partial charge < -0.3 is 5.32 Å². The molecule has 2 aromatic rings. The Morgan fingerprint density at radius 1 is 0.960 bits per heavy atom. The first-order valence-corrected chi connectivity index (χ1v) is 8.24. The van der Waals surface area contributed by atoms with Crippen LogP contribution < -0.4 is 5.32 Å². The Bertz CT molecular complexity index is 721. The Morgan fingerprint density at radius 2 is 1.60 bits per heavy atom. The van der Waals surface area contributed by atoms with Gasteiger partial charge in [0, 0.05) is 29.4 Å². The van der Waals surface area contributed by atoms with Gasteiger partial charge in [-0.1, -0.05) is 32.0 Å². The summed E-state index contributed by atoms with van der Waals surface area (Å²) < 4.78 is 0. The minimum Gasteiger partial charge on any atom is -0.388 e. The van der Waals surface area contributed by atoms with Crippen molar-refractivity contribution < 1.29 is 14.4 Å². The van der Waals surface area contributed by atoms with Crippen LogP contribution in [0.1, 0.15) is 64.3 Å². The Labute approximate surface area is 150 Å². The van der Waals surface area contributed by atoms with Crippen LogP contribution in [0.3, 0.4) is 0 Å². The summed E-state index contributed by atoms with van der Waals surface area (Å²) in [6, 6.07) is 12.8. The lowest BCUT2D eigenvalue weighted by atomic mass is 10.0. The molecule has 2 aromatic carbocycles. The second kappa shape index (κ2) is 11.7. The summed E-state index contributed by atoms with van der Waals surface area (Å²) in [4.78, 5) is 32.7. The van der Waals surface area contributed by atoms with E-state index >= 15 is 0 Å². The molecule has 0 aromatic heterocycles. The van der Waals surface area contributed by atoms with E-state index in [-0.39, 0.29) is 17.1 Å². The lowest BCUT2D eigenvalue weighted by Gasteiger charge is -2.02. The summed E-state index contributed by atoms with van der Waals surface area (Å²) >= 11 is 0. The third-order valence-electron chi connectivity index (χ3n) is 3.27. The summed E-state index contributed by atoms with van der Waals surface area (Å²) in [5.41, 5.74) is 3.53. The third kappa shape index (κ3) is 7.57. The first kappa shape index (κ1) is 22.2. The van der Waals surface area contributed by atoms with E-state index in [1.54, 1.807) is 6.07 Å². The van der Waals surface area contributed by atoms with Crippen molar-refractivity contribution in [1.29, 1.82) is 0 Å². The van der Waals surface area contributed by atoms with Gasteiger partial charge in [-0.2, -0.15) is 0 Å². The van der Waals surface area contributed by atoms with E-state index in [2.05, 4.69) is 24.4 Å². The monoisotopic (exact) mass is 341 g/mol. The number of ketones is 2. The molecule has 4 heteroatoms. The van der Waals surface area contributed by atoms with Crippen molar-refractivity contribution in [2.45, 2.75) is 34.6 Å². The summed E-state index contributed by atoms with van der Waals surface area (Å²) in [6.45, 7) is 8.88. The van der Waals surface area contributed by atoms with Crippen molar-refractivity contribution in [1.82, 2.24) is 0 Å². The number of Topliss-reactive ketones (excluding diaryl/α,β-unsaturated/α-hetero) is 2. The van der Waals surface area contributed by atoms with Gasteiger partial charge >= 0.3 is 0 Å². The molecular weight excluding hydrogens is 314 g/mol. The zero-order chi connectivity index (χ0) is 19.4. The number of rotatable bonds is 4. The van der Waals surface area contributed by atoms with Crippen LogP contribution in [0.4, 0.5) is 5.69 Å². The van der Waals surface area contributed by atoms with Crippen LogP contribution in [0.2, 0.25) is 0 Å². The molecule has 0 aliphatic heterocycles. The molecule has 0 bridgehead atoms. The molecule has 0 radical (unpaired) electrons. The standard InChI is InChI=1S/C11H10O3.C8H11N.C2H6/c1-7(13)9-3-4-11(8(2)14)10(5-9)6-12;1-7-4-3-5-8(6-7)9-2;1-2/h3-6H,1-2H3;3-6,9H,1-2H3;1-2H3. The van der Waals surface area contributed by atoms with Gasteiger partial charge in [-0.25, -0.2) is 0 Å². The molecule has 4 nitrogen and oxygen atoms in total. The van der Waals surface area contributed by atoms with Crippen molar-refractivity contribution in [2.24, 2.45) is 0 Å². The molecule has 134 valence electrons. The predicted octanol–water partition coefficient (Wildman–Crippen LogP) is 4.97. The van der Waals surface area contributed by atoms with E-state index in [4.69, 9.17) is 0 Å². The predicted molar refractivity (Wildman–Crippen MR) is 104 cm³/mol. The van der Waals surface area contributed by atoms with E-state index < -0.39 is 0 Å². The molecule has 0 aliphatic carbocycles. The van der Waals surface area contributed by atoms with E-state index in [1.807, 2.05) is 33.0 Å². The van der Waals surface area contributed by atoms with Crippen LogP contribution in [0, 0.1) is 6.92 Å². The summed E-state index contributed by atoms with van der Waals surface area (Å²) in [5.74, 6) is -0.301. The SMILES string of the molecule is CC.CC(=O)c1ccc(C(C)=O)c(C=O)c1.CNc1cccc(C)c1. The third-order valence-corrected chi connectivity index (χ3v) is 3.27. The smallest absolute Gasteiger partial charge is 0.160 e. The van der Waals surface area contributed by atoms with Crippen LogP contribution in [0.15, 0.2) is 42.5 Å². The first-order valence-electron chi connectivity index (χ1n) is 8.24. The van der Waals surface area contributed by atoms with Crippen molar-refractivity contribution >= 4 is 23.5 Å². The van der Waals surface area contributed by atoms with Gasteiger partial charge in [0.2, 0.25) is 0 Å². The normalized spacial score (nSPS) is 8.88. The fourth-order valence-corrected chi connectivity index (χ4v) is 2.00. The van der Waals surface area contributed by atoms with E-state index in [1.165, 1.54) is 37.2 Å². The Balaban J connectivity index is 0.000000451. The Hall–Kier alpha value is -2.75. The fourth-order valence-electron chi connectivity index (χ4n) is 2.00. The molecule has 0 aliphatic rings. The zero-order valence-corrected chi connectivity index (χ0v) is 15.8. The highest BCUT2D eigenvalue weighted by Crippen LogP contribution is 2.11. The Kier molecular flexibility index (Phi) is 10.4. The van der Waals surface area contributed by atoms with Gasteiger partial charge in [-0.3, -0.25) is 14.4 Å². The van der Waals surface area contributed by atoms with E-state index in [0.29, 0.717) is 17.4 Å². The minimum absolute atomic E-state index is 0.122. The summed E-state index contributed by atoms with van der Waals surface area (Å²) in [6.07, 6.45) is 0.586. The molecule has 25 heavy (non-hydrogen) atoms. The van der Waals surface area contributed by atoms with Crippen molar-refractivity contribution in [2.75, 3.05) is 12.4 Å². The van der Waals surface area contributed by atoms with Crippen LogP contribution >= 0.6 is 0 Å². The number of hydrogen-bond donors (Lipinski definition) is 1. The van der Waals surface area contributed by atoms with Crippen LogP contribution in [-0.4, -0.2) is 24.9 Å². The molecule has 0 unspecified atom stereocenters. The number of hydrogen-bond acceptors (Lipinski definition) is 4. The number of carbonyl (C=O) groups excluding carboxylic acids is 3. The minimum atomic E-state index is -0.179. The molecule has 1 N–H and O–H groups in total. The highest BCUT2D eigenvalue weighted by molar-refractivity contribution is 6.04. The van der Waals surface area contributed by atoms with Crippen molar-refractivity contribution in [3.8, 4) is 0 Å². The molecule has 0 spiro atoms. The second-order valence-corrected chi connectivity index (χ2v) is 5.15. The van der Waals surface area contributed by atoms with Crippen LogP contribution in [-0.2, 0) is 0 Å². The highest BCUT2D eigenvalue weighted by Gasteiger charge is 2.08. The molecule has 0 fully saturated rings. The molecular formula is C21H27NO3. The second-order valence-electron chi connectivity index (χ2n) is 5.15. The summed E-state index contributed by atoms with van der Waals surface area (Å²) in [5, 5.41) is 3.07.